The van der Waals surface area contributed by atoms with E-state index in [0.29, 0.717) is 22.4 Å². The van der Waals surface area contributed by atoms with Gasteiger partial charge in [-0.2, -0.15) is 4.72 Å². The van der Waals surface area contributed by atoms with Gasteiger partial charge in [-0.25, -0.2) is 12.8 Å². The van der Waals surface area contributed by atoms with Crippen LogP contribution in [0.25, 0.3) is 0 Å². The number of hydrogen-bond acceptors (Lipinski definition) is 4. The smallest absolute Gasteiger partial charge is 0.242 e. The standard InChI is InChI=1S/C24H24BrFN2O4S/c1-3-32-23-12-10-19(13-16(23)2)33(30,31)28-22(14-17-7-5-4-6-8-17)24(29)27-21-11-9-18(25)15-20(21)26/h4-13,15,22,28H,3,14H2,1-2H3,(H,27,29). The average Bonchev–Trinajstić information content (AvgIpc) is 2.77. The van der Waals surface area contributed by atoms with Gasteiger partial charge in [-0.15, -0.1) is 0 Å². The molecule has 2 N–H and O–H groups in total. The molecule has 0 aliphatic heterocycles. The van der Waals surface area contributed by atoms with Gasteiger partial charge in [-0.3, -0.25) is 4.79 Å². The quantitative estimate of drug-likeness (QED) is 0.412. The van der Waals surface area contributed by atoms with E-state index in [1.54, 1.807) is 43.3 Å². The molecule has 0 bridgehead atoms. The van der Waals surface area contributed by atoms with Crippen LogP contribution >= 0.6 is 15.9 Å². The number of halogens is 2. The predicted molar refractivity (Wildman–Crippen MR) is 129 cm³/mol. The summed E-state index contributed by atoms with van der Waals surface area (Å²) in [5, 5.41) is 2.49. The first-order valence-corrected chi connectivity index (χ1v) is 12.5. The molecule has 0 saturated carbocycles. The number of nitrogens with one attached hydrogen (secondary N) is 2. The Labute approximate surface area is 201 Å². The van der Waals surface area contributed by atoms with Crippen LogP contribution < -0.4 is 14.8 Å². The SMILES string of the molecule is CCOc1ccc(S(=O)(=O)NC(Cc2ccccc2)C(=O)Nc2ccc(Br)cc2F)cc1C. The molecule has 6 nitrogen and oxygen atoms in total. The van der Waals surface area contributed by atoms with Crippen molar-refractivity contribution in [1.29, 1.82) is 0 Å². The fourth-order valence-corrected chi connectivity index (χ4v) is 4.82. The fraction of sp³-hybridized carbons (Fsp3) is 0.208. The minimum Gasteiger partial charge on any atom is -0.494 e. The van der Waals surface area contributed by atoms with Crippen LogP contribution in [0.4, 0.5) is 10.1 Å². The number of sulfonamides is 1. The molecule has 0 aromatic heterocycles. The van der Waals surface area contributed by atoms with Crippen molar-refractivity contribution in [3.8, 4) is 5.75 Å². The van der Waals surface area contributed by atoms with E-state index in [0.717, 1.165) is 5.56 Å². The molecule has 0 radical (unpaired) electrons. The number of carbonyl (C=O) groups excluding carboxylic acids is 1. The second kappa shape index (κ2) is 10.9. The Bertz CT molecular complexity index is 1240. The third-order valence-corrected chi connectivity index (χ3v) is 6.80. The van der Waals surface area contributed by atoms with E-state index in [1.165, 1.54) is 24.3 Å². The topological polar surface area (TPSA) is 84.5 Å². The fourth-order valence-electron chi connectivity index (χ4n) is 3.21. The largest absolute Gasteiger partial charge is 0.494 e. The molecule has 0 fully saturated rings. The molecule has 3 rings (SSSR count). The maximum Gasteiger partial charge on any atom is 0.242 e. The number of carbonyl (C=O) groups is 1. The first kappa shape index (κ1) is 24.9. The van der Waals surface area contributed by atoms with Gasteiger partial charge in [0.05, 0.1) is 17.2 Å². The molecular weight excluding hydrogens is 511 g/mol. The first-order chi connectivity index (χ1) is 15.7. The lowest BCUT2D eigenvalue weighted by atomic mass is 10.1. The summed E-state index contributed by atoms with van der Waals surface area (Å²) in [4.78, 5) is 13.0. The third kappa shape index (κ3) is 6.63. The lowest BCUT2D eigenvalue weighted by Crippen LogP contribution is -2.45. The van der Waals surface area contributed by atoms with Gasteiger partial charge in [0.2, 0.25) is 15.9 Å². The van der Waals surface area contributed by atoms with Crippen LogP contribution in [0.3, 0.4) is 0 Å². The van der Waals surface area contributed by atoms with Gasteiger partial charge >= 0.3 is 0 Å². The number of amides is 1. The molecule has 3 aromatic carbocycles. The highest BCUT2D eigenvalue weighted by Gasteiger charge is 2.27. The van der Waals surface area contributed by atoms with E-state index in [-0.39, 0.29) is 17.0 Å². The number of ether oxygens (including phenoxy) is 1. The maximum atomic E-state index is 14.3. The Morgan fingerprint density at radius 1 is 1.09 bits per heavy atom. The average molecular weight is 535 g/mol. The van der Waals surface area contributed by atoms with Gasteiger partial charge in [-0.05, 0) is 67.8 Å². The summed E-state index contributed by atoms with van der Waals surface area (Å²) in [5.74, 6) is -0.728. The number of aryl methyl sites for hydroxylation is 1. The molecule has 1 unspecified atom stereocenters. The molecule has 9 heteroatoms. The lowest BCUT2D eigenvalue weighted by Gasteiger charge is -2.19. The normalized spacial score (nSPS) is 12.2. The van der Waals surface area contributed by atoms with Crippen molar-refractivity contribution in [2.24, 2.45) is 0 Å². The van der Waals surface area contributed by atoms with Crippen molar-refractivity contribution in [2.75, 3.05) is 11.9 Å². The van der Waals surface area contributed by atoms with Crippen LogP contribution in [-0.4, -0.2) is 27.0 Å². The van der Waals surface area contributed by atoms with Gasteiger partial charge in [0.15, 0.2) is 0 Å². The molecular formula is C24H24BrFN2O4S. The monoisotopic (exact) mass is 534 g/mol. The Morgan fingerprint density at radius 3 is 2.45 bits per heavy atom. The molecule has 0 spiro atoms. The van der Waals surface area contributed by atoms with E-state index < -0.39 is 27.8 Å². The second-order valence-electron chi connectivity index (χ2n) is 7.34. The minimum absolute atomic E-state index is 0.00383. The van der Waals surface area contributed by atoms with Crippen molar-refractivity contribution in [2.45, 2.75) is 31.2 Å². The zero-order chi connectivity index (χ0) is 24.0. The number of anilines is 1. The van der Waals surface area contributed by atoms with Crippen LogP contribution in [0.5, 0.6) is 5.75 Å². The van der Waals surface area contributed by atoms with Crippen molar-refractivity contribution >= 4 is 37.5 Å². The highest BCUT2D eigenvalue weighted by atomic mass is 79.9. The molecule has 0 aliphatic rings. The lowest BCUT2D eigenvalue weighted by molar-refractivity contribution is -0.117. The van der Waals surface area contributed by atoms with Gasteiger partial charge in [-0.1, -0.05) is 46.3 Å². The number of rotatable bonds is 9. The summed E-state index contributed by atoms with van der Waals surface area (Å²) >= 11 is 3.17. The maximum absolute atomic E-state index is 14.3. The van der Waals surface area contributed by atoms with E-state index in [2.05, 4.69) is 26.0 Å². The Balaban J connectivity index is 1.88. The zero-order valence-corrected chi connectivity index (χ0v) is 20.5. The zero-order valence-electron chi connectivity index (χ0n) is 18.1. The molecule has 33 heavy (non-hydrogen) atoms. The molecule has 0 aliphatic carbocycles. The van der Waals surface area contributed by atoms with Crippen molar-refractivity contribution in [3.05, 3.63) is 88.1 Å². The Kier molecular flexibility index (Phi) is 8.23. The number of hydrogen-bond donors (Lipinski definition) is 2. The molecule has 3 aromatic rings. The van der Waals surface area contributed by atoms with Gasteiger partial charge in [0.25, 0.3) is 0 Å². The Hall–Kier alpha value is -2.75. The van der Waals surface area contributed by atoms with Crippen LogP contribution in [0.1, 0.15) is 18.1 Å². The summed E-state index contributed by atoms with van der Waals surface area (Å²) in [7, 11) is -4.06. The number of benzene rings is 3. The van der Waals surface area contributed by atoms with E-state index >= 15 is 0 Å². The van der Waals surface area contributed by atoms with Crippen LogP contribution in [-0.2, 0) is 21.2 Å². The van der Waals surface area contributed by atoms with E-state index in [9.17, 15) is 17.6 Å². The minimum atomic E-state index is -4.06. The van der Waals surface area contributed by atoms with E-state index in [1.807, 2.05) is 13.0 Å². The molecule has 0 heterocycles. The van der Waals surface area contributed by atoms with Crippen molar-refractivity contribution in [3.63, 3.8) is 0 Å². The summed E-state index contributed by atoms with van der Waals surface area (Å²) in [5.41, 5.74) is 1.36. The van der Waals surface area contributed by atoms with Crippen molar-refractivity contribution in [1.82, 2.24) is 4.72 Å². The van der Waals surface area contributed by atoms with Crippen LogP contribution in [0.15, 0.2) is 76.1 Å². The predicted octanol–water partition coefficient (Wildman–Crippen LogP) is 4.82. The summed E-state index contributed by atoms with van der Waals surface area (Å²) in [6, 6.07) is 16.5. The molecule has 174 valence electrons. The highest BCUT2D eigenvalue weighted by Crippen LogP contribution is 2.23. The van der Waals surface area contributed by atoms with Gasteiger partial charge in [0.1, 0.15) is 17.6 Å². The molecule has 1 atom stereocenters. The van der Waals surface area contributed by atoms with Crippen molar-refractivity contribution < 1.29 is 22.3 Å². The molecule has 0 saturated heterocycles. The third-order valence-electron chi connectivity index (χ3n) is 4.84. The molecule has 1 amide bonds. The van der Waals surface area contributed by atoms with Crippen LogP contribution in [0, 0.1) is 12.7 Å². The van der Waals surface area contributed by atoms with Gasteiger partial charge < -0.3 is 10.1 Å². The summed E-state index contributed by atoms with van der Waals surface area (Å²) in [6.45, 7) is 4.04. The van der Waals surface area contributed by atoms with Crippen LogP contribution in [0.2, 0.25) is 0 Å². The second-order valence-corrected chi connectivity index (χ2v) is 9.97. The Morgan fingerprint density at radius 2 is 1.82 bits per heavy atom. The highest BCUT2D eigenvalue weighted by molar-refractivity contribution is 9.10. The van der Waals surface area contributed by atoms with Gasteiger partial charge in [0, 0.05) is 4.47 Å². The van der Waals surface area contributed by atoms with E-state index in [4.69, 9.17) is 4.74 Å². The summed E-state index contributed by atoms with van der Waals surface area (Å²) < 4.78 is 48.9. The first-order valence-electron chi connectivity index (χ1n) is 10.2. The summed E-state index contributed by atoms with van der Waals surface area (Å²) in [6.07, 6.45) is 0.0834.